The first-order valence-corrected chi connectivity index (χ1v) is 11.9. The van der Waals surface area contributed by atoms with Gasteiger partial charge >= 0.3 is 5.97 Å². The number of esters is 1. The molecular weight excluding hydrogens is 394 g/mol. The fraction of sp³-hybridized carbons (Fsp3) is 0.708. The van der Waals surface area contributed by atoms with Gasteiger partial charge in [-0.25, -0.2) is 9.78 Å². The minimum Gasteiger partial charge on any atom is -0.477 e. The molecule has 7 nitrogen and oxygen atoms in total. The van der Waals surface area contributed by atoms with E-state index in [0.717, 1.165) is 44.6 Å². The number of pyridine rings is 1. The Kier molecular flexibility index (Phi) is 5.63. The second-order valence-electron chi connectivity index (χ2n) is 9.76. The molecule has 1 aromatic rings. The van der Waals surface area contributed by atoms with E-state index < -0.39 is 5.60 Å². The van der Waals surface area contributed by atoms with Crippen molar-refractivity contribution in [1.29, 1.82) is 0 Å². The Morgan fingerprint density at radius 2 is 2.00 bits per heavy atom. The zero-order chi connectivity index (χ0) is 21.4. The van der Waals surface area contributed by atoms with Gasteiger partial charge in [0.1, 0.15) is 11.2 Å². The van der Waals surface area contributed by atoms with Gasteiger partial charge in [-0.2, -0.15) is 0 Å². The van der Waals surface area contributed by atoms with Crippen molar-refractivity contribution in [1.82, 2.24) is 14.8 Å². The maximum atomic E-state index is 13.0. The van der Waals surface area contributed by atoms with E-state index in [4.69, 9.17) is 9.47 Å². The summed E-state index contributed by atoms with van der Waals surface area (Å²) in [6.07, 6.45) is 9.45. The number of fused-ring (bicyclic) bond motifs is 2. The average molecular weight is 428 g/mol. The summed E-state index contributed by atoms with van der Waals surface area (Å²) in [6, 6.07) is 1.90. The van der Waals surface area contributed by atoms with E-state index in [-0.39, 0.29) is 17.8 Å². The van der Waals surface area contributed by atoms with E-state index in [2.05, 4.69) is 9.88 Å². The Balaban J connectivity index is 1.21. The number of amides is 1. The van der Waals surface area contributed by atoms with Crippen LogP contribution in [0.4, 0.5) is 0 Å². The SMILES string of the molecule is CN(CCN1CCCC1)C(=O)[C@H]1CC[C@@]2(CC1)OC(=O)c1c(OCC3CC3)nccc12. The predicted molar refractivity (Wildman–Crippen MR) is 115 cm³/mol. The largest absolute Gasteiger partial charge is 0.477 e. The number of aromatic nitrogens is 1. The van der Waals surface area contributed by atoms with Crippen molar-refractivity contribution in [3.63, 3.8) is 0 Å². The van der Waals surface area contributed by atoms with Crippen molar-refractivity contribution < 1.29 is 19.1 Å². The highest BCUT2D eigenvalue weighted by molar-refractivity contribution is 5.97. The number of nitrogens with zero attached hydrogens (tertiary/aromatic N) is 3. The number of likely N-dealkylation sites (tertiary alicyclic amines) is 1. The van der Waals surface area contributed by atoms with Crippen LogP contribution in [0.2, 0.25) is 0 Å². The zero-order valence-corrected chi connectivity index (χ0v) is 18.5. The van der Waals surface area contributed by atoms with Crippen LogP contribution in [0.1, 0.15) is 67.3 Å². The van der Waals surface area contributed by atoms with Crippen molar-refractivity contribution in [3.05, 3.63) is 23.4 Å². The minimum atomic E-state index is -0.627. The van der Waals surface area contributed by atoms with Gasteiger partial charge in [-0.1, -0.05) is 0 Å². The molecule has 3 fully saturated rings. The maximum absolute atomic E-state index is 13.0. The van der Waals surface area contributed by atoms with Gasteiger partial charge in [-0.3, -0.25) is 4.79 Å². The quantitative estimate of drug-likeness (QED) is 0.623. The Morgan fingerprint density at radius 1 is 1.26 bits per heavy atom. The Bertz CT molecular complexity index is 839. The monoisotopic (exact) mass is 427 g/mol. The second-order valence-corrected chi connectivity index (χ2v) is 9.76. The first-order chi connectivity index (χ1) is 15.1. The van der Waals surface area contributed by atoms with Crippen molar-refractivity contribution >= 4 is 11.9 Å². The molecule has 2 saturated carbocycles. The molecule has 1 aromatic heterocycles. The van der Waals surface area contributed by atoms with Crippen LogP contribution >= 0.6 is 0 Å². The van der Waals surface area contributed by atoms with E-state index in [1.807, 2.05) is 18.0 Å². The van der Waals surface area contributed by atoms with Gasteiger partial charge in [0.15, 0.2) is 0 Å². The van der Waals surface area contributed by atoms with Crippen LogP contribution in [0.15, 0.2) is 12.3 Å². The number of hydrogen-bond donors (Lipinski definition) is 0. The molecule has 0 N–H and O–H groups in total. The molecule has 3 heterocycles. The second kappa shape index (κ2) is 8.41. The Morgan fingerprint density at radius 3 is 2.71 bits per heavy atom. The summed E-state index contributed by atoms with van der Waals surface area (Å²) in [5, 5.41) is 0. The van der Waals surface area contributed by atoms with Gasteiger partial charge < -0.3 is 19.3 Å². The van der Waals surface area contributed by atoms with Crippen molar-refractivity contribution in [2.24, 2.45) is 11.8 Å². The van der Waals surface area contributed by atoms with Gasteiger partial charge in [0.2, 0.25) is 11.8 Å². The normalized spacial score (nSPS) is 27.9. The average Bonchev–Trinajstić information content (AvgIpc) is 3.39. The molecule has 1 saturated heterocycles. The van der Waals surface area contributed by atoms with Crippen LogP contribution in [-0.4, -0.2) is 66.5 Å². The first kappa shape index (κ1) is 20.7. The molecule has 0 radical (unpaired) electrons. The number of carbonyl (C=O) groups excluding carboxylic acids is 2. The van der Waals surface area contributed by atoms with Gasteiger partial charge in [0.05, 0.1) is 6.61 Å². The molecule has 31 heavy (non-hydrogen) atoms. The van der Waals surface area contributed by atoms with E-state index >= 15 is 0 Å². The Hall–Kier alpha value is -2.15. The fourth-order valence-corrected chi connectivity index (χ4v) is 5.32. The summed E-state index contributed by atoms with van der Waals surface area (Å²) < 4.78 is 11.8. The van der Waals surface area contributed by atoms with Gasteiger partial charge in [0.25, 0.3) is 0 Å². The fourth-order valence-electron chi connectivity index (χ4n) is 5.32. The van der Waals surface area contributed by atoms with Crippen molar-refractivity contribution in [3.8, 4) is 5.88 Å². The van der Waals surface area contributed by atoms with Crippen LogP contribution in [0.25, 0.3) is 0 Å². The van der Waals surface area contributed by atoms with Crippen LogP contribution in [0, 0.1) is 11.8 Å². The minimum absolute atomic E-state index is 0.00405. The van der Waals surface area contributed by atoms with E-state index in [9.17, 15) is 9.59 Å². The van der Waals surface area contributed by atoms with E-state index in [1.54, 1.807) is 6.20 Å². The highest BCUT2D eigenvalue weighted by Gasteiger charge is 2.50. The molecule has 0 atom stereocenters. The number of hydrogen-bond acceptors (Lipinski definition) is 6. The summed E-state index contributed by atoms with van der Waals surface area (Å²) in [6.45, 7) is 4.66. The zero-order valence-electron chi connectivity index (χ0n) is 18.5. The van der Waals surface area contributed by atoms with Crippen LogP contribution in [0.5, 0.6) is 5.88 Å². The summed E-state index contributed by atoms with van der Waals surface area (Å²) in [4.78, 5) is 34.4. The van der Waals surface area contributed by atoms with Crippen LogP contribution in [0.3, 0.4) is 0 Å². The molecule has 168 valence electrons. The maximum Gasteiger partial charge on any atom is 0.344 e. The molecule has 1 amide bonds. The molecule has 7 heteroatoms. The molecule has 2 aliphatic heterocycles. The molecule has 2 aliphatic carbocycles. The third kappa shape index (κ3) is 4.16. The van der Waals surface area contributed by atoms with Crippen LogP contribution < -0.4 is 4.74 Å². The smallest absolute Gasteiger partial charge is 0.344 e. The number of carbonyl (C=O) groups is 2. The molecule has 0 unspecified atom stereocenters. The molecule has 1 spiro atoms. The lowest BCUT2D eigenvalue weighted by molar-refractivity contribution is -0.137. The summed E-state index contributed by atoms with van der Waals surface area (Å²) in [5.41, 5.74) is 0.764. The third-order valence-electron chi connectivity index (χ3n) is 7.52. The molecule has 4 aliphatic rings. The van der Waals surface area contributed by atoms with Gasteiger partial charge in [-0.15, -0.1) is 0 Å². The van der Waals surface area contributed by atoms with E-state index in [0.29, 0.717) is 36.8 Å². The van der Waals surface area contributed by atoms with Crippen molar-refractivity contribution in [2.45, 2.75) is 57.0 Å². The highest BCUT2D eigenvalue weighted by Crippen LogP contribution is 2.50. The lowest BCUT2D eigenvalue weighted by Crippen LogP contribution is -2.41. The third-order valence-corrected chi connectivity index (χ3v) is 7.52. The topological polar surface area (TPSA) is 72.0 Å². The van der Waals surface area contributed by atoms with E-state index in [1.165, 1.54) is 25.7 Å². The highest BCUT2D eigenvalue weighted by atomic mass is 16.6. The van der Waals surface area contributed by atoms with Gasteiger partial charge in [0, 0.05) is 37.8 Å². The lowest BCUT2D eigenvalue weighted by atomic mass is 9.75. The standard InChI is InChI=1S/C24H33N3O4/c1-26(14-15-27-12-2-3-13-27)22(28)18-6-9-24(10-7-18)19-8-11-25-21(20(19)23(29)31-24)30-16-17-4-5-17/h8,11,17-18H,2-7,9-10,12-16H2,1H3/t18-,24-. The molecule has 0 bridgehead atoms. The number of likely N-dealkylation sites (N-methyl/N-ethyl adjacent to an activating group) is 1. The molecular formula is C24H33N3O4. The molecule has 5 rings (SSSR count). The predicted octanol–water partition coefficient (Wildman–Crippen LogP) is 2.98. The Labute approximate surface area is 184 Å². The van der Waals surface area contributed by atoms with Crippen LogP contribution in [-0.2, 0) is 15.1 Å². The first-order valence-electron chi connectivity index (χ1n) is 11.9. The number of rotatable bonds is 7. The molecule has 0 aromatic carbocycles. The number of ether oxygens (including phenoxy) is 2. The summed E-state index contributed by atoms with van der Waals surface area (Å²) >= 11 is 0. The summed E-state index contributed by atoms with van der Waals surface area (Å²) in [5.74, 6) is 0.895. The lowest BCUT2D eigenvalue weighted by Gasteiger charge is -2.37. The van der Waals surface area contributed by atoms with Crippen molar-refractivity contribution in [2.75, 3.05) is 39.8 Å². The van der Waals surface area contributed by atoms with Gasteiger partial charge in [-0.05, 0) is 76.4 Å². The summed E-state index contributed by atoms with van der Waals surface area (Å²) in [7, 11) is 1.92.